The van der Waals surface area contributed by atoms with E-state index >= 15 is 0 Å². The van der Waals surface area contributed by atoms with Crippen molar-refractivity contribution in [2.45, 2.75) is 50.7 Å². The summed E-state index contributed by atoms with van der Waals surface area (Å²) in [5.41, 5.74) is 3.13. The number of amides is 2. The number of benzene rings is 3. The van der Waals surface area contributed by atoms with Crippen molar-refractivity contribution in [3.63, 3.8) is 0 Å². The lowest BCUT2D eigenvalue weighted by atomic mass is 10.0. The van der Waals surface area contributed by atoms with Crippen molar-refractivity contribution >= 4 is 35.2 Å². The van der Waals surface area contributed by atoms with Gasteiger partial charge >= 0.3 is 0 Å². The molecule has 0 aliphatic carbocycles. The van der Waals surface area contributed by atoms with Gasteiger partial charge in [0.2, 0.25) is 11.8 Å². The molecule has 0 spiro atoms. The Balaban J connectivity index is 1.91. The third-order valence-electron chi connectivity index (χ3n) is 5.48. The Bertz CT molecular complexity index is 1090. The van der Waals surface area contributed by atoms with Crippen LogP contribution in [0.5, 0.6) is 0 Å². The van der Waals surface area contributed by atoms with E-state index in [9.17, 15) is 9.59 Å². The predicted octanol–water partition coefficient (Wildman–Crippen LogP) is 5.91. The zero-order valence-electron chi connectivity index (χ0n) is 19.8. The van der Waals surface area contributed by atoms with Crippen LogP contribution >= 0.6 is 23.4 Å². The number of carbonyl (C=O) groups excluding carboxylic acids is 2. The van der Waals surface area contributed by atoms with Crippen LogP contribution in [0.2, 0.25) is 5.02 Å². The van der Waals surface area contributed by atoms with E-state index in [-0.39, 0.29) is 23.6 Å². The van der Waals surface area contributed by atoms with Crippen LogP contribution in [0.1, 0.15) is 30.5 Å². The standard InChI is InChI=1S/C28H31ClN2O2S/c1-20(2)30-28(33)26(17-22-10-5-4-6-11-22)31(18-23-12-8-7-9-21(23)3)27(32)19-34-25-15-13-24(29)14-16-25/h4-16,20,26H,17-19H2,1-3H3,(H,30,33)/t26-/m0/s1. The summed E-state index contributed by atoms with van der Waals surface area (Å²) >= 11 is 7.44. The van der Waals surface area contributed by atoms with Gasteiger partial charge < -0.3 is 10.2 Å². The van der Waals surface area contributed by atoms with Gasteiger partial charge in [-0.25, -0.2) is 0 Å². The lowest BCUT2D eigenvalue weighted by Gasteiger charge is -2.32. The number of carbonyl (C=O) groups is 2. The summed E-state index contributed by atoms with van der Waals surface area (Å²) in [6.07, 6.45) is 0.447. The van der Waals surface area contributed by atoms with Crippen molar-refractivity contribution in [3.05, 3.63) is 101 Å². The summed E-state index contributed by atoms with van der Waals surface area (Å²) in [7, 11) is 0. The highest BCUT2D eigenvalue weighted by Crippen LogP contribution is 2.23. The average Bonchev–Trinajstić information content (AvgIpc) is 2.82. The molecular formula is C28H31ClN2O2S. The molecule has 0 fully saturated rings. The second-order valence-corrected chi connectivity index (χ2v) is 10.0. The molecule has 0 saturated heterocycles. The minimum atomic E-state index is -0.622. The van der Waals surface area contributed by atoms with E-state index in [4.69, 9.17) is 11.6 Å². The van der Waals surface area contributed by atoms with Crippen LogP contribution in [0.25, 0.3) is 0 Å². The van der Waals surface area contributed by atoms with Gasteiger partial charge in [-0.05, 0) is 61.7 Å². The first kappa shape index (κ1) is 25.9. The molecule has 1 atom stereocenters. The molecule has 0 aromatic heterocycles. The van der Waals surface area contributed by atoms with E-state index in [1.807, 2.05) is 99.6 Å². The number of aryl methyl sites for hydroxylation is 1. The molecule has 2 amide bonds. The molecule has 4 nitrogen and oxygen atoms in total. The van der Waals surface area contributed by atoms with Crippen molar-refractivity contribution in [1.29, 1.82) is 0 Å². The van der Waals surface area contributed by atoms with Crippen molar-refractivity contribution in [1.82, 2.24) is 10.2 Å². The van der Waals surface area contributed by atoms with Crippen molar-refractivity contribution in [3.8, 4) is 0 Å². The zero-order chi connectivity index (χ0) is 24.5. The normalized spacial score (nSPS) is 11.8. The highest BCUT2D eigenvalue weighted by molar-refractivity contribution is 8.00. The molecule has 0 heterocycles. The Morgan fingerprint density at radius 2 is 1.59 bits per heavy atom. The first-order valence-corrected chi connectivity index (χ1v) is 12.8. The van der Waals surface area contributed by atoms with Gasteiger partial charge in [0.1, 0.15) is 6.04 Å². The zero-order valence-corrected chi connectivity index (χ0v) is 21.4. The number of hydrogen-bond acceptors (Lipinski definition) is 3. The molecule has 1 N–H and O–H groups in total. The number of rotatable bonds is 10. The number of halogens is 1. The van der Waals surface area contributed by atoms with E-state index in [0.717, 1.165) is 21.6 Å². The number of nitrogens with zero attached hydrogens (tertiary/aromatic N) is 1. The summed E-state index contributed by atoms with van der Waals surface area (Å²) in [5.74, 6) is 0.00800. The quantitative estimate of drug-likeness (QED) is 0.357. The van der Waals surface area contributed by atoms with E-state index in [0.29, 0.717) is 18.0 Å². The van der Waals surface area contributed by atoms with Gasteiger partial charge in [-0.3, -0.25) is 9.59 Å². The molecule has 0 aliphatic heterocycles. The van der Waals surface area contributed by atoms with Crippen LogP contribution < -0.4 is 5.32 Å². The van der Waals surface area contributed by atoms with Gasteiger partial charge in [0, 0.05) is 28.9 Å². The lowest BCUT2D eigenvalue weighted by Crippen LogP contribution is -2.52. The second-order valence-electron chi connectivity index (χ2n) is 8.56. The predicted molar refractivity (Wildman–Crippen MR) is 141 cm³/mol. The fourth-order valence-corrected chi connectivity index (χ4v) is 4.57. The minimum absolute atomic E-state index is 0.0235. The first-order valence-electron chi connectivity index (χ1n) is 11.4. The maximum absolute atomic E-state index is 13.6. The van der Waals surface area contributed by atoms with Gasteiger partial charge in [0.15, 0.2) is 0 Å². The smallest absolute Gasteiger partial charge is 0.243 e. The SMILES string of the molecule is Cc1ccccc1CN(C(=O)CSc1ccc(Cl)cc1)[C@@H](Cc1ccccc1)C(=O)NC(C)C. The molecule has 0 bridgehead atoms. The van der Waals surface area contributed by atoms with Gasteiger partial charge in [0.05, 0.1) is 5.75 Å². The van der Waals surface area contributed by atoms with Gasteiger partial charge in [0.25, 0.3) is 0 Å². The third kappa shape index (κ3) is 7.64. The van der Waals surface area contributed by atoms with Crippen molar-refractivity contribution in [2.75, 3.05) is 5.75 Å². The van der Waals surface area contributed by atoms with Crippen molar-refractivity contribution in [2.24, 2.45) is 0 Å². The Kier molecular flexibility index (Phi) is 9.61. The Morgan fingerprint density at radius 3 is 2.24 bits per heavy atom. The lowest BCUT2D eigenvalue weighted by molar-refractivity contribution is -0.139. The van der Waals surface area contributed by atoms with E-state index < -0.39 is 6.04 Å². The van der Waals surface area contributed by atoms with Crippen molar-refractivity contribution < 1.29 is 9.59 Å². The second kappa shape index (κ2) is 12.6. The van der Waals surface area contributed by atoms with E-state index in [1.54, 1.807) is 4.90 Å². The molecular weight excluding hydrogens is 464 g/mol. The van der Waals surface area contributed by atoms with Crippen LogP contribution in [0, 0.1) is 6.92 Å². The summed E-state index contributed by atoms with van der Waals surface area (Å²) in [6.45, 7) is 6.26. The van der Waals surface area contributed by atoms with Gasteiger partial charge in [-0.2, -0.15) is 0 Å². The van der Waals surface area contributed by atoms with E-state index in [1.165, 1.54) is 11.8 Å². The first-order chi connectivity index (χ1) is 16.3. The van der Waals surface area contributed by atoms with E-state index in [2.05, 4.69) is 5.32 Å². The molecule has 0 unspecified atom stereocenters. The Hall–Kier alpha value is -2.76. The fourth-order valence-electron chi connectivity index (χ4n) is 3.66. The maximum atomic E-state index is 13.6. The molecule has 3 aromatic rings. The van der Waals surface area contributed by atoms with Crippen LogP contribution in [0.3, 0.4) is 0 Å². The molecule has 34 heavy (non-hydrogen) atoms. The molecule has 6 heteroatoms. The molecule has 3 rings (SSSR count). The monoisotopic (exact) mass is 494 g/mol. The average molecular weight is 495 g/mol. The molecule has 3 aromatic carbocycles. The summed E-state index contributed by atoms with van der Waals surface area (Å²) < 4.78 is 0. The Morgan fingerprint density at radius 1 is 0.941 bits per heavy atom. The topological polar surface area (TPSA) is 49.4 Å². The largest absolute Gasteiger partial charge is 0.352 e. The van der Waals surface area contributed by atoms with Crippen LogP contribution in [-0.2, 0) is 22.6 Å². The summed E-state index contributed by atoms with van der Waals surface area (Å²) in [4.78, 5) is 29.7. The maximum Gasteiger partial charge on any atom is 0.243 e. The number of nitrogens with one attached hydrogen (secondary N) is 1. The fraction of sp³-hybridized carbons (Fsp3) is 0.286. The summed E-state index contributed by atoms with van der Waals surface area (Å²) in [6, 6.07) is 24.6. The Labute approximate surface area is 211 Å². The van der Waals surface area contributed by atoms with Crippen LogP contribution in [-0.4, -0.2) is 34.6 Å². The third-order valence-corrected chi connectivity index (χ3v) is 6.73. The highest BCUT2D eigenvalue weighted by Gasteiger charge is 2.31. The summed E-state index contributed by atoms with van der Waals surface area (Å²) in [5, 5.41) is 3.68. The minimum Gasteiger partial charge on any atom is -0.352 e. The number of thioether (sulfide) groups is 1. The van der Waals surface area contributed by atoms with Gasteiger partial charge in [-0.15, -0.1) is 11.8 Å². The van der Waals surface area contributed by atoms with Crippen LogP contribution in [0.15, 0.2) is 83.8 Å². The molecule has 0 radical (unpaired) electrons. The molecule has 0 saturated carbocycles. The number of hydrogen-bond donors (Lipinski definition) is 1. The molecule has 178 valence electrons. The van der Waals surface area contributed by atoms with Crippen LogP contribution in [0.4, 0.5) is 0 Å². The highest BCUT2D eigenvalue weighted by atomic mass is 35.5. The molecule has 0 aliphatic rings. The van der Waals surface area contributed by atoms with Gasteiger partial charge in [-0.1, -0.05) is 66.2 Å².